The highest BCUT2D eigenvalue weighted by molar-refractivity contribution is 6.01. The minimum atomic E-state index is -0.374. The number of nitrogens with zero attached hydrogens (tertiary/aromatic N) is 1. The van der Waals surface area contributed by atoms with Gasteiger partial charge in [0.2, 0.25) is 5.91 Å². The van der Waals surface area contributed by atoms with Crippen LogP contribution in [0.25, 0.3) is 0 Å². The molecule has 0 aromatic heterocycles. The Morgan fingerprint density at radius 2 is 2.04 bits per heavy atom. The van der Waals surface area contributed by atoms with Gasteiger partial charge in [-0.15, -0.1) is 0 Å². The van der Waals surface area contributed by atoms with Crippen LogP contribution >= 0.6 is 0 Å². The minimum Gasteiger partial charge on any atom is -0.348 e. The van der Waals surface area contributed by atoms with Crippen molar-refractivity contribution in [2.75, 3.05) is 13.1 Å². The van der Waals surface area contributed by atoms with E-state index in [0.717, 1.165) is 24.9 Å². The van der Waals surface area contributed by atoms with E-state index in [2.05, 4.69) is 22.9 Å². The molecule has 3 N–H and O–H groups in total. The van der Waals surface area contributed by atoms with Crippen LogP contribution in [0.3, 0.4) is 0 Å². The first-order valence-corrected chi connectivity index (χ1v) is 8.26. The Bertz CT molecular complexity index is 628. The fourth-order valence-electron chi connectivity index (χ4n) is 3.05. The summed E-state index contributed by atoms with van der Waals surface area (Å²) in [6.45, 7) is 3.33. The summed E-state index contributed by atoms with van der Waals surface area (Å²) in [4.78, 5) is 36.7. The van der Waals surface area contributed by atoms with E-state index in [4.69, 9.17) is 0 Å². The molecule has 4 amide bonds. The van der Waals surface area contributed by atoms with E-state index in [1.807, 2.05) is 0 Å². The third-order valence-electron chi connectivity index (χ3n) is 4.57. The van der Waals surface area contributed by atoms with Crippen molar-refractivity contribution in [1.29, 1.82) is 0 Å². The fourth-order valence-corrected chi connectivity index (χ4v) is 3.05. The number of hydrogen-bond acceptors (Lipinski definition) is 4. The third-order valence-corrected chi connectivity index (χ3v) is 4.57. The molecule has 1 aromatic carbocycles. The Morgan fingerprint density at radius 3 is 2.67 bits per heavy atom. The summed E-state index contributed by atoms with van der Waals surface area (Å²) in [7, 11) is 0. The second-order valence-electron chi connectivity index (χ2n) is 6.30. The van der Waals surface area contributed by atoms with Crippen molar-refractivity contribution < 1.29 is 14.4 Å². The summed E-state index contributed by atoms with van der Waals surface area (Å²) in [5.74, 6) is -0.335. The van der Waals surface area contributed by atoms with Gasteiger partial charge in [0, 0.05) is 17.6 Å². The number of hydrogen-bond donors (Lipinski definition) is 3. The zero-order valence-electron chi connectivity index (χ0n) is 13.7. The van der Waals surface area contributed by atoms with Crippen molar-refractivity contribution in [3.63, 3.8) is 0 Å². The van der Waals surface area contributed by atoms with Crippen molar-refractivity contribution in [3.05, 3.63) is 35.4 Å². The van der Waals surface area contributed by atoms with Crippen molar-refractivity contribution in [2.45, 2.75) is 38.4 Å². The van der Waals surface area contributed by atoms with Crippen LogP contribution < -0.4 is 16.0 Å². The average Bonchev–Trinajstić information content (AvgIpc) is 2.89. The Hall–Kier alpha value is -2.41. The lowest BCUT2D eigenvalue weighted by Gasteiger charge is -2.30. The van der Waals surface area contributed by atoms with E-state index in [1.54, 1.807) is 24.3 Å². The summed E-state index contributed by atoms with van der Waals surface area (Å²) in [5, 5.41) is 8.90. The molecule has 0 spiro atoms. The minimum absolute atomic E-state index is 0.0485. The molecule has 24 heavy (non-hydrogen) atoms. The molecular weight excluding hydrogens is 308 g/mol. The molecule has 2 atom stereocenters. The van der Waals surface area contributed by atoms with Crippen LogP contribution in [0, 0.1) is 0 Å². The van der Waals surface area contributed by atoms with Crippen LogP contribution in [0.1, 0.15) is 35.7 Å². The fraction of sp³-hybridized carbons (Fsp3) is 0.471. The largest absolute Gasteiger partial charge is 0.348 e. The van der Waals surface area contributed by atoms with Crippen LogP contribution in [0.2, 0.25) is 0 Å². The first-order chi connectivity index (χ1) is 11.5. The predicted molar refractivity (Wildman–Crippen MR) is 88.3 cm³/mol. The van der Waals surface area contributed by atoms with Gasteiger partial charge < -0.3 is 16.0 Å². The van der Waals surface area contributed by atoms with Gasteiger partial charge in [-0.2, -0.15) is 0 Å². The van der Waals surface area contributed by atoms with Gasteiger partial charge >= 0.3 is 6.03 Å². The molecule has 2 aliphatic heterocycles. The first-order valence-electron chi connectivity index (χ1n) is 8.26. The molecule has 7 nitrogen and oxygen atoms in total. The zero-order valence-corrected chi connectivity index (χ0v) is 13.7. The molecule has 0 saturated carbocycles. The molecule has 1 aromatic rings. The van der Waals surface area contributed by atoms with Crippen LogP contribution in [0.5, 0.6) is 0 Å². The van der Waals surface area contributed by atoms with Crippen LogP contribution in [-0.4, -0.2) is 47.9 Å². The molecule has 2 heterocycles. The standard InChI is InChI=1S/C17H22N4O3/c1-11-14(3-2-8-18-11)20-16(23)13-6-4-12(5-7-13)10-21-15(22)9-19-17(21)24/h4-7,11,14,18H,2-3,8-10H2,1H3,(H,19,24)(H,20,23). The summed E-state index contributed by atoms with van der Waals surface area (Å²) >= 11 is 0. The van der Waals surface area contributed by atoms with Gasteiger partial charge in [-0.3, -0.25) is 14.5 Å². The number of carbonyl (C=O) groups excluding carboxylic acids is 3. The molecular formula is C17H22N4O3. The van der Waals surface area contributed by atoms with E-state index in [0.29, 0.717) is 5.56 Å². The smallest absolute Gasteiger partial charge is 0.324 e. The highest BCUT2D eigenvalue weighted by atomic mass is 16.2. The highest BCUT2D eigenvalue weighted by Crippen LogP contribution is 2.12. The number of benzene rings is 1. The van der Waals surface area contributed by atoms with E-state index in [-0.39, 0.29) is 43.0 Å². The van der Waals surface area contributed by atoms with Crippen molar-refractivity contribution in [3.8, 4) is 0 Å². The Labute approximate surface area is 140 Å². The number of nitrogens with one attached hydrogen (secondary N) is 3. The van der Waals surface area contributed by atoms with Crippen LogP contribution in [0.4, 0.5) is 4.79 Å². The molecule has 2 saturated heterocycles. The lowest BCUT2D eigenvalue weighted by Crippen LogP contribution is -2.51. The van der Waals surface area contributed by atoms with Gasteiger partial charge in [-0.1, -0.05) is 12.1 Å². The first kappa shape index (κ1) is 16.4. The van der Waals surface area contributed by atoms with Gasteiger partial charge in [-0.05, 0) is 44.0 Å². The van der Waals surface area contributed by atoms with E-state index in [1.165, 1.54) is 4.90 Å². The molecule has 0 aliphatic carbocycles. The normalized spacial score (nSPS) is 24.0. The monoisotopic (exact) mass is 330 g/mol. The van der Waals surface area contributed by atoms with Crippen molar-refractivity contribution in [1.82, 2.24) is 20.9 Å². The maximum atomic E-state index is 12.4. The topological polar surface area (TPSA) is 90.5 Å². The molecule has 7 heteroatoms. The second-order valence-corrected chi connectivity index (χ2v) is 6.30. The molecule has 0 bridgehead atoms. The van der Waals surface area contributed by atoms with Gasteiger partial charge in [0.1, 0.15) is 0 Å². The van der Waals surface area contributed by atoms with Gasteiger partial charge in [0.05, 0.1) is 13.1 Å². The predicted octanol–water partition coefficient (Wildman–Crippen LogP) is 0.609. The van der Waals surface area contributed by atoms with Crippen molar-refractivity contribution >= 4 is 17.8 Å². The van der Waals surface area contributed by atoms with E-state index < -0.39 is 0 Å². The lowest BCUT2D eigenvalue weighted by molar-refractivity contribution is -0.125. The maximum Gasteiger partial charge on any atom is 0.324 e. The van der Waals surface area contributed by atoms with Gasteiger partial charge in [0.15, 0.2) is 0 Å². The van der Waals surface area contributed by atoms with Crippen molar-refractivity contribution in [2.24, 2.45) is 0 Å². The molecule has 3 rings (SSSR count). The Balaban J connectivity index is 1.60. The number of amides is 4. The molecule has 0 radical (unpaired) electrons. The molecule has 2 aliphatic rings. The van der Waals surface area contributed by atoms with Crippen LogP contribution in [0.15, 0.2) is 24.3 Å². The summed E-state index contributed by atoms with van der Waals surface area (Å²) in [5.41, 5.74) is 1.39. The quantitative estimate of drug-likeness (QED) is 0.706. The summed E-state index contributed by atoms with van der Waals surface area (Å²) in [6.07, 6.45) is 2.03. The SMILES string of the molecule is CC1NCCCC1NC(=O)c1ccc(CN2C(=O)CNC2=O)cc1. The van der Waals surface area contributed by atoms with E-state index >= 15 is 0 Å². The Morgan fingerprint density at radius 1 is 1.29 bits per heavy atom. The average molecular weight is 330 g/mol. The second kappa shape index (κ2) is 7.00. The zero-order chi connectivity index (χ0) is 17.1. The molecule has 2 unspecified atom stereocenters. The maximum absolute atomic E-state index is 12.4. The van der Waals surface area contributed by atoms with Gasteiger partial charge in [-0.25, -0.2) is 4.79 Å². The summed E-state index contributed by atoms with van der Waals surface area (Å²) in [6, 6.07) is 7.03. The number of carbonyl (C=O) groups is 3. The number of imide groups is 1. The van der Waals surface area contributed by atoms with E-state index in [9.17, 15) is 14.4 Å². The third kappa shape index (κ3) is 3.56. The van der Waals surface area contributed by atoms with Crippen LogP contribution in [-0.2, 0) is 11.3 Å². The number of piperidine rings is 1. The lowest BCUT2D eigenvalue weighted by atomic mass is 9.99. The summed E-state index contributed by atoms with van der Waals surface area (Å²) < 4.78 is 0. The highest BCUT2D eigenvalue weighted by Gasteiger charge is 2.28. The number of rotatable bonds is 4. The Kier molecular flexibility index (Phi) is 4.80. The van der Waals surface area contributed by atoms with Gasteiger partial charge in [0.25, 0.3) is 5.91 Å². The molecule has 128 valence electrons. The molecule has 2 fully saturated rings. The number of urea groups is 1.